The van der Waals surface area contributed by atoms with Crippen LogP contribution in [0.15, 0.2) is 24.3 Å². The number of phenols is 2. The van der Waals surface area contributed by atoms with Gasteiger partial charge >= 0.3 is 304 Å². The quantitative estimate of drug-likeness (QED) is 0.253. The van der Waals surface area contributed by atoms with Gasteiger partial charge < -0.3 is 0 Å². The zero-order valence-corrected chi connectivity index (χ0v) is 36.3. The molecule has 3 unspecified atom stereocenters. The molecule has 4 atom stereocenters. The summed E-state index contributed by atoms with van der Waals surface area (Å²) in [6.07, 6.45) is 12.4. The van der Waals surface area contributed by atoms with E-state index in [1.54, 1.807) is 0 Å². The predicted octanol–water partition coefficient (Wildman–Crippen LogP) is 13.1. The van der Waals surface area contributed by atoms with Crippen LogP contribution in [0.25, 0.3) is 0 Å². The van der Waals surface area contributed by atoms with Crippen LogP contribution in [0.3, 0.4) is 0 Å². The Labute approximate surface area is 301 Å². The average molecular weight is 760 g/mol. The van der Waals surface area contributed by atoms with Crippen molar-refractivity contribution in [3.8, 4) is 11.5 Å². The molecule has 2 nitrogen and oxygen atoms in total. The fourth-order valence-corrected chi connectivity index (χ4v) is 36.5. The van der Waals surface area contributed by atoms with Gasteiger partial charge in [-0.05, 0) is 0 Å². The maximum atomic E-state index is 12.0. The molecular formula is C42H68O2S2Zr. The Hall–Kier alpha value is -0.377. The zero-order chi connectivity index (χ0) is 34.9. The van der Waals surface area contributed by atoms with Crippen LogP contribution in [-0.2, 0) is 52.3 Å². The van der Waals surface area contributed by atoms with E-state index in [-0.39, 0.29) is 21.7 Å². The summed E-state index contributed by atoms with van der Waals surface area (Å²) in [7, 11) is 0.769. The normalized spacial score (nSPS) is 22.6. The van der Waals surface area contributed by atoms with Crippen molar-refractivity contribution in [3.63, 3.8) is 0 Å². The Morgan fingerprint density at radius 3 is 1.21 bits per heavy atom. The van der Waals surface area contributed by atoms with E-state index in [0.717, 1.165) is 47.7 Å². The second-order valence-corrected chi connectivity index (χ2v) is 33.0. The molecule has 1 aliphatic carbocycles. The molecular weight excluding hydrogens is 692 g/mol. The molecule has 2 aliphatic rings. The molecule has 1 aliphatic heterocycles. The van der Waals surface area contributed by atoms with Crippen molar-refractivity contribution in [1.82, 2.24) is 0 Å². The van der Waals surface area contributed by atoms with Gasteiger partial charge in [-0.15, -0.1) is 0 Å². The Kier molecular flexibility index (Phi) is 13.0. The molecule has 0 radical (unpaired) electrons. The molecule has 1 fully saturated rings. The van der Waals surface area contributed by atoms with Crippen molar-refractivity contribution in [2.24, 2.45) is 0 Å². The van der Waals surface area contributed by atoms with Gasteiger partial charge in [0.1, 0.15) is 0 Å². The van der Waals surface area contributed by atoms with E-state index < -0.39 is 19.2 Å². The van der Waals surface area contributed by atoms with E-state index in [1.165, 1.54) is 71.9 Å². The Morgan fingerprint density at radius 2 is 0.915 bits per heavy atom. The molecule has 2 aromatic rings. The van der Waals surface area contributed by atoms with E-state index in [1.807, 2.05) is 0 Å². The molecule has 47 heavy (non-hydrogen) atoms. The molecule has 4 rings (SSSR count). The van der Waals surface area contributed by atoms with Crippen LogP contribution >= 0.6 is 14.2 Å². The minimum absolute atomic E-state index is 0.00922. The molecule has 5 heteroatoms. The molecule has 264 valence electrons. The first-order valence-electron chi connectivity index (χ1n) is 18.8. The third kappa shape index (κ3) is 8.57. The number of benzene rings is 2. The Morgan fingerprint density at radius 1 is 0.574 bits per heavy atom. The van der Waals surface area contributed by atoms with Gasteiger partial charge in [-0.2, -0.15) is 0 Å². The number of phenolic OH excluding ortho intramolecular Hbond substituents is 2. The average Bonchev–Trinajstić information content (AvgIpc) is 3.30. The van der Waals surface area contributed by atoms with Crippen molar-refractivity contribution < 1.29 is 29.4 Å². The van der Waals surface area contributed by atoms with Crippen molar-refractivity contribution in [2.75, 3.05) is 0 Å². The minimum atomic E-state index is -0.805. The molecule has 1 heterocycles. The van der Waals surface area contributed by atoms with Crippen LogP contribution in [0.1, 0.15) is 181 Å². The molecule has 2 N–H and O–H groups in total. The summed E-state index contributed by atoms with van der Waals surface area (Å²) >= 11 is -0.805. The van der Waals surface area contributed by atoms with E-state index in [4.69, 9.17) is 0 Å². The number of hydrogen-bond donors (Lipinski definition) is 2. The van der Waals surface area contributed by atoms with E-state index in [0.29, 0.717) is 25.7 Å². The van der Waals surface area contributed by atoms with E-state index in [9.17, 15) is 10.2 Å². The van der Waals surface area contributed by atoms with Crippen molar-refractivity contribution in [2.45, 2.75) is 191 Å². The number of fused-ring (bicyclic) bond motifs is 1. The molecule has 0 spiro atoms. The van der Waals surface area contributed by atoms with Crippen LogP contribution in [0.5, 0.6) is 11.5 Å². The Balaban J connectivity index is 1.89. The van der Waals surface area contributed by atoms with Gasteiger partial charge in [0.05, 0.1) is 0 Å². The van der Waals surface area contributed by atoms with Gasteiger partial charge in [-0.3, -0.25) is 0 Å². The number of rotatable bonds is 10. The number of hydrogen-bond acceptors (Lipinski definition) is 2. The predicted molar refractivity (Wildman–Crippen MR) is 207 cm³/mol. The van der Waals surface area contributed by atoms with Crippen LogP contribution in [0, 0.1) is 0 Å². The van der Waals surface area contributed by atoms with Crippen LogP contribution in [-0.4, -0.2) is 20.7 Å². The van der Waals surface area contributed by atoms with Crippen molar-refractivity contribution >= 4 is 14.2 Å². The van der Waals surface area contributed by atoms with Crippen LogP contribution in [0.4, 0.5) is 0 Å². The topological polar surface area (TPSA) is 40.5 Å². The van der Waals surface area contributed by atoms with E-state index >= 15 is 0 Å². The molecule has 0 amide bonds. The first-order valence-corrected chi connectivity index (χ1v) is 27.7. The van der Waals surface area contributed by atoms with Gasteiger partial charge in [-0.25, -0.2) is 0 Å². The molecule has 0 bridgehead atoms. The van der Waals surface area contributed by atoms with Crippen molar-refractivity contribution in [1.29, 1.82) is 0 Å². The maximum absolute atomic E-state index is 12.0. The summed E-state index contributed by atoms with van der Waals surface area (Å²) < 4.78 is 0. The monoisotopic (exact) mass is 758 g/mol. The van der Waals surface area contributed by atoms with Gasteiger partial charge in [0.15, 0.2) is 0 Å². The van der Waals surface area contributed by atoms with E-state index in [2.05, 4.69) is 107 Å². The molecule has 0 saturated heterocycles. The van der Waals surface area contributed by atoms with Gasteiger partial charge in [0, 0.05) is 0 Å². The summed E-state index contributed by atoms with van der Waals surface area (Å²) in [6.45, 7) is 27.8. The SMILES string of the molecule is CCC(C)(CC)c1cc(C(C)(C)C)cc(C[S]2=[Zr]=[S](Cc3cc(C(C)(C)C)cc(C(C)(CC)CC)c3O)[C@H]3CCCCCCC32)c1O. The number of aromatic hydroxyl groups is 2. The first-order chi connectivity index (χ1) is 21.9. The van der Waals surface area contributed by atoms with Gasteiger partial charge in [-0.1, -0.05) is 0 Å². The summed E-state index contributed by atoms with van der Waals surface area (Å²) in [4.78, 5) is 0. The molecule has 2 aromatic carbocycles. The summed E-state index contributed by atoms with van der Waals surface area (Å²) in [5.74, 6) is 3.35. The molecule has 0 aromatic heterocycles. The third-order valence-corrected chi connectivity index (χ3v) is 34.0. The van der Waals surface area contributed by atoms with Gasteiger partial charge in [0.2, 0.25) is 0 Å². The first kappa shape index (κ1) is 39.4. The summed E-state index contributed by atoms with van der Waals surface area (Å²) in [6, 6.07) is 9.48. The van der Waals surface area contributed by atoms with Crippen molar-refractivity contribution in [3.05, 3.63) is 57.6 Å². The van der Waals surface area contributed by atoms with Crippen LogP contribution in [0.2, 0.25) is 0 Å². The fourth-order valence-electron chi connectivity index (χ4n) is 7.59. The third-order valence-electron chi connectivity index (χ3n) is 12.2. The summed E-state index contributed by atoms with van der Waals surface area (Å²) in [5, 5.41) is 25.7. The van der Waals surface area contributed by atoms with Gasteiger partial charge in [0.25, 0.3) is 0 Å². The second kappa shape index (κ2) is 15.5. The molecule has 1 saturated carbocycles. The fraction of sp³-hybridized carbons (Fsp3) is 0.714. The summed E-state index contributed by atoms with van der Waals surface area (Å²) in [5.41, 5.74) is 7.65. The standard InChI is InChI=1S/C42H68O2S2.Zr/c1-13-41(11,14-2)33-25-31(39(5,6)7)23-29(37(33)43)27-45-35-21-19-17-18-20-22-36(35)46-28-30-24-32(40(8,9)10)26-34(38(30)44)42(12,15-3)16-4;/h23-26,35-36,43-44H,13-22,27-28H2,1-12H3;/t35-,36?;/m0./s1. The van der Waals surface area contributed by atoms with Crippen LogP contribution < -0.4 is 0 Å². The zero-order valence-electron chi connectivity index (χ0n) is 32.2. The Bertz CT molecular complexity index is 1380. The second-order valence-electron chi connectivity index (χ2n) is 17.4.